The first-order valence-electron chi connectivity index (χ1n) is 12.5. The third-order valence-electron chi connectivity index (χ3n) is 5.39. The molecule has 0 saturated heterocycles. The van der Waals surface area contributed by atoms with E-state index in [2.05, 4.69) is 46.6 Å². The number of rotatable bonds is 11. The van der Waals surface area contributed by atoms with Crippen LogP contribution in [0.25, 0.3) is 10.6 Å². The van der Waals surface area contributed by atoms with E-state index in [4.69, 9.17) is 9.47 Å². The van der Waals surface area contributed by atoms with Crippen molar-refractivity contribution in [2.24, 2.45) is 0 Å². The number of nitrogens with zero attached hydrogens (tertiary/aromatic N) is 5. The lowest BCUT2D eigenvalue weighted by atomic mass is 9.49. The van der Waals surface area contributed by atoms with E-state index >= 15 is 0 Å². The van der Waals surface area contributed by atoms with Crippen molar-refractivity contribution in [3.63, 3.8) is 0 Å². The number of hydrogen-bond acceptors (Lipinski definition) is 12. The number of aromatic nitrogens is 5. The van der Waals surface area contributed by atoms with Gasteiger partial charge in [0.1, 0.15) is 28.5 Å². The third kappa shape index (κ3) is 7.72. The van der Waals surface area contributed by atoms with Crippen LogP contribution in [0.3, 0.4) is 0 Å². The quantitative estimate of drug-likeness (QED) is 0.176. The van der Waals surface area contributed by atoms with E-state index in [1.165, 1.54) is 25.4 Å². The highest BCUT2D eigenvalue weighted by molar-refractivity contribution is 7.15. The summed E-state index contributed by atoms with van der Waals surface area (Å²) < 4.78 is 10.8. The predicted octanol–water partition coefficient (Wildman–Crippen LogP) is -0.229. The van der Waals surface area contributed by atoms with Gasteiger partial charge in [-0.1, -0.05) is 6.07 Å². The third-order valence-corrected chi connectivity index (χ3v) is 6.42. The van der Waals surface area contributed by atoms with Crippen LogP contribution in [0.1, 0.15) is 22.3 Å². The number of para-hydroxylation sites is 1. The van der Waals surface area contributed by atoms with Gasteiger partial charge in [0.05, 0.1) is 37.7 Å². The molecule has 4 aromatic rings. The summed E-state index contributed by atoms with van der Waals surface area (Å²) in [6.07, 6.45) is 1.72. The van der Waals surface area contributed by atoms with Crippen molar-refractivity contribution in [3.8, 4) is 22.2 Å². The van der Waals surface area contributed by atoms with Crippen LogP contribution in [-0.4, -0.2) is 80.2 Å². The van der Waals surface area contributed by atoms with Gasteiger partial charge in [-0.05, 0) is 23.4 Å². The first-order chi connectivity index (χ1) is 19.6. The minimum Gasteiger partial charge on any atom is -0.494 e. The molecule has 1 aromatic carbocycles. The van der Waals surface area contributed by atoms with E-state index in [9.17, 15) is 9.59 Å². The molecular weight excluding hydrogens is 543 g/mol. The Balaban J connectivity index is 1.69. The Morgan fingerprint density at radius 1 is 0.951 bits per heavy atom. The zero-order chi connectivity index (χ0) is 29.6. The largest absolute Gasteiger partial charge is 0.494 e. The molecule has 4 N–H and O–H groups in total. The summed E-state index contributed by atoms with van der Waals surface area (Å²) in [6.45, 7) is 1.85. The van der Waals surface area contributed by atoms with E-state index in [-0.39, 0.29) is 11.6 Å². The fourth-order valence-corrected chi connectivity index (χ4v) is 4.51. The molecule has 13 nitrogen and oxygen atoms in total. The summed E-state index contributed by atoms with van der Waals surface area (Å²) in [5.41, 5.74) is 1.79. The Labute approximate surface area is 243 Å². The monoisotopic (exact) mass is 571 g/mol. The molecule has 0 bridgehead atoms. The van der Waals surface area contributed by atoms with Gasteiger partial charge in [-0.25, -0.2) is 4.98 Å². The second kappa shape index (κ2) is 12.7. The van der Waals surface area contributed by atoms with Gasteiger partial charge in [0.2, 0.25) is 11.8 Å². The lowest BCUT2D eigenvalue weighted by molar-refractivity contribution is -0.119. The topological polar surface area (TPSA) is 165 Å². The first kappa shape index (κ1) is 29.3. The molecule has 0 aliphatic rings. The number of ether oxygens (including phenoxy) is 2. The van der Waals surface area contributed by atoms with Crippen LogP contribution >= 0.6 is 11.3 Å². The second-order valence-electron chi connectivity index (χ2n) is 9.83. The van der Waals surface area contributed by atoms with Crippen LogP contribution < -0.4 is 30.7 Å². The van der Waals surface area contributed by atoms with E-state index < -0.39 is 11.1 Å². The molecule has 0 unspecified atom stereocenters. The molecule has 0 fully saturated rings. The highest BCUT2D eigenvalue weighted by Crippen LogP contribution is 2.40. The van der Waals surface area contributed by atoms with Gasteiger partial charge in [-0.3, -0.25) is 9.59 Å². The molecule has 0 spiro atoms. The Kier molecular flexibility index (Phi) is 9.07. The molecule has 17 heteroatoms. The standard InChI is InChI=1S/C24H28B3N9O4S/c1-12(37)28-10-13-11-29-23(41-13)14-5-4-6-15(21(14)40-3)30-16-9-18(31-17-7-8-19(39-2)35-33-17)34-36-20(16)22(38)32-24(25,26)27/h4-9,11H,10,25-27H2,1-3H3,(H,28,37)(H,32,38)(H2,30,31,33,34). The minimum atomic E-state index is -0.497. The number of carbonyl (C=O) groups is 2. The van der Waals surface area contributed by atoms with Crippen molar-refractivity contribution >= 4 is 69.7 Å². The Morgan fingerprint density at radius 2 is 1.73 bits per heavy atom. The summed E-state index contributed by atoms with van der Waals surface area (Å²) in [6, 6.07) is 10.5. The summed E-state index contributed by atoms with van der Waals surface area (Å²) in [5.74, 6) is 1.11. The van der Waals surface area contributed by atoms with Gasteiger partial charge in [0, 0.05) is 30.1 Å². The maximum absolute atomic E-state index is 13.2. The lowest BCUT2D eigenvalue weighted by Crippen LogP contribution is -2.50. The average Bonchev–Trinajstić information content (AvgIpc) is 3.40. The van der Waals surface area contributed by atoms with E-state index in [0.29, 0.717) is 46.2 Å². The maximum Gasteiger partial charge on any atom is 0.272 e. The zero-order valence-corrected chi connectivity index (χ0v) is 24.3. The van der Waals surface area contributed by atoms with Crippen molar-refractivity contribution in [1.82, 2.24) is 36.0 Å². The Morgan fingerprint density at radius 3 is 2.39 bits per heavy atom. The molecular formula is C24H28B3N9O4S. The first-order valence-corrected chi connectivity index (χ1v) is 13.4. The highest BCUT2D eigenvalue weighted by atomic mass is 32.1. The van der Waals surface area contributed by atoms with Crippen LogP contribution in [0.2, 0.25) is 0 Å². The Bertz CT molecular complexity index is 1550. The number of amides is 2. The highest BCUT2D eigenvalue weighted by Gasteiger charge is 2.23. The minimum absolute atomic E-state index is 0.0885. The molecule has 0 radical (unpaired) electrons. The van der Waals surface area contributed by atoms with Crippen molar-refractivity contribution in [2.45, 2.75) is 18.7 Å². The number of benzene rings is 1. The molecule has 208 valence electrons. The molecule has 0 atom stereocenters. The van der Waals surface area contributed by atoms with Crippen LogP contribution in [0.15, 0.2) is 42.6 Å². The summed E-state index contributed by atoms with van der Waals surface area (Å²) in [4.78, 5) is 29.9. The van der Waals surface area contributed by atoms with E-state index in [1.807, 2.05) is 41.7 Å². The molecule has 2 amide bonds. The van der Waals surface area contributed by atoms with Crippen LogP contribution in [0, 0.1) is 0 Å². The van der Waals surface area contributed by atoms with E-state index in [1.54, 1.807) is 31.5 Å². The van der Waals surface area contributed by atoms with Gasteiger partial charge < -0.3 is 30.7 Å². The average molecular weight is 571 g/mol. The van der Waals surface area contributed by atoms with Crippen molar-refractivity contribution < 1.29 is 19.1 Å². The predicted molar refractivity (Wildman–Crippen MR) is 165 cm³/mol. The zero-order valence-electron chi connectivity index (χ0n) is 23.5. The molecule has 4 rings (SSSR count). The second-order valence-corrected chi connectivity index (χ2v) is 10.9. The van der Waals surface area contributed by atoms with Gasteiger partial charge in [0.15, 0.2) is 23.1 Å². The summed E-state index contributed by atoms with van der Waals surface area (Å²) in [7, 11) is 8.70. The molecule has 3 heterocycles. The van der Waals surface area contributed by atoms with Gasteiger partial charge in [-0.15, -0.1) is 31.7 Å². The normalized spacial score (nSPS) is 10.9. The van der Waals surface area contributed by atoms with Crippen molar-refractivity contribution in [2.75, 3.05) is 24.9 Å². The SMILES string of the molecule is BC(B)(B)NC(=O)c1nnc(Nc2ccc(OC)nn2)cc1Nc1cccc(-c2ncc(CNC(C)=O)s2)c1OC. The number of thiazole rings is 1. The van der Waals surface area contributed by atoms with Crippen LogP contribution in [-0.2, 0) is 11.3 Å². The van der Waals surface area contributed by atoms with Gasteiger partial charge >= 0.3 is 0 Å². The molecule has 0 aliphatic carbocycles. The van der Waals surface area contributed by atoms with Crippen LogP contribution in [0.4, 0.5) is 23.0 Å². The van der Waals surface area contributed by atoms with Gasteiger partial charge in [0.25, 0.3) is 5.91 Å². The number of nitrogens with one attached hydrogen (secondary N) is 4. The number of methoxy groups -OCH3 is 2. The fourth-order valence-electron chi connectivity index (χ4n) is 3.64. The summed E-state index contributed by atoms with van der Waals surface area (Å²) >= 11 is 1.44. The number of anilines is 4. The maximum atomic E-state index is 13.2. The van der Waals surface area contributed by atoms with Crippen molar-refractivity contribution in [1.29, 1.82) is 0 Å². The molecule has 3 aromatic heterocycles. The van der Waals surface area contributed by atoms with Crippen LogP contribution in [0.5, 0.6) is 11.6 Å². The molecule has 41 heavy (non-hydrogen) atoms. The summed E-state index contributed by atoms with van der Waals surface area (Å²) in [5, 5.41) is 28.7. The number of hydrogen-bond donors (Lipinski definition) is 4. The lowest BCUT2D eigenvalue weighted by Gasteiger charge is -2.22. The fraction of sp³-hybridized carbons (Fsp3) is 0.208. The van der Waals surface area contributed by atoms with Gasteiger partial charge in [-0.2, -0.15) is 0 Å². The van der Waals surface area contributed by atoms with Crippen molar-refractivity contribution in [3.05, 3.63) is 53.2 Å². The molecule has 0 aliphatic heterocycles. The van der Waals surface area contributed by atoms with E-state index in [0.717, 1.165) is 10.4 Å². The number of carbonyl (C=O) groups excluding carboxylic acids is 2. The molecule has 0 saturated carbocycles. The Hall–Kier alpha value is -4.66. The smallest absolute Gasteiger partial charge is 0.272 e.